The van der Waals surface area contributed by atoms with Crippen molar-refractivity contribution in [3.05, 3.63) is 57.3 Å². The second-order valence-corrected chi connectivity index (χ2v) is 5.10. The van der Waals surface area contributed by atoms with Crippen LogP contribution >= 0.6 is 27.5 Å². The molecule has 2 aromatic carbocycles. The van der Waals surface area contributed by atoms with Gasteiger partial charge in [-0.1, -0.05) is 11.6 Å². The fraction of sp³-hybridized carbons (Fsp3) is 0. The minimum absolute atomic E-state index is 0.0758. The molecule has 6 heteroatoms. The monoisotopic (exact) mass is 342 g/mol. The number of benzene rings is 2. The molecule has 19 heavy (non-hydrogen) atoms. The zero-order chi connectivity index (χ0) is 14.0. The Morgan fingerprint density at radius 1 is 1.26 bits per heavy atom. The van der Waals surface area contributed by atoms with Crippen LogP contribution in [0.3, 0.4) is 0 Å². The Hall–Kier alpha value is -1.59. The van der Waals surface area contributed by atoms with Gasteiger partial charge in [0.2, 0.25) is 0 Å². The first-order valence-electron chi connectivity index (χ1n) is 5.29. The third-order valence-electron chi connectivity index (χ3n) is 2.44. The number of hydrogen-bond acceptors (Lipinski definition) is 2. The number of hydrogen-bond donors (Lipinski definition) is 2. The highest BCUT2D eigenvalue weighted by atomic mass is 79.9. The lowest BCUT2D eigenvalue weighted by atomic mass is 10.1. The maximum Gasteiger partial charge on any atom is 0.257 e. The summed E-state index contributed by atoms with van der Waals surface area (Å²) >= 11 is 9.13. The van der Waals surface area contributed by atoms with Gasteiger partial charge in [0, 0.05) is 15.2 Å². The van der Waals surface area contributed by atoms with Gasteiger partial charge in [0.05, 0.1) is 11.3 Å². The number of halogens is 3. The van der Waals surface area contributed by atoms with Crippen LogP contribution in [0.25, 0.3) is 0 Å². The van der Waals surface area contributed by atoms with Gasteiger partial charge in [-0.15, -0.1) is 0 Å². The zero-order valence-electron chi connectivity index (χ0n) is 9.58. The molecule has 0 aliphatic heterocycles. The molecule has 0 fully saturated rings. The van der Waals surface area contributed by atoms with E-state index in [0.717, 1.165) is 6.07 Å². The van der Waals surface area contributed by atoms with E-state index in [9.17, 15) is 9.18 Å². The van der Waals surface area contributed by atoms with E-state index in [0.29, 0.717) is 15.2 Å². The third-order valence-corrected chi connectivity index (χ3v) is 3.36. The minimum atomic E-state index is -0.524. The predicted molar refractivity (Wildman–Crippen MR) is 77.9 cm³/mol. The average Bonchev–Trinajstić information content (AvgIpc) is 2.36. The fourth-order valence-corrected chi connectivity index (χ4v) is 2.03. The predicted octanol–water partition coefficient (Wildman–Crippen LogP) is 4.08. The standard InChI is InChI=1S/C13H9BrClFN2O/c14-10-3-1-7(15)5-12(10)18-13(19)9-6-8(16)2-4-11(9)17/h1-6H,17H2,(H,18,19). The summed E-state index contributed by atoms with van der Waals surface area (Å²) in [6.45, 7) is 0. The number of carbonyl (C=O) groups excluding carboxylic acids is 1. The summed E-state index contributed by atoms with van der Waals surface area (Å²) in [5.74, 6) is -1.02. The zero-order valence-corrected chi connectivity index (χ0v) is 11.9. The van der Waals surface area contributed by atoms with Gasteiger partial charge < -0.3 is 11.1 Å². The van der Waals surface area contributed by atoms with E-state index >= 15 is 0 Å². The molecule has 0 unspecified atom stereocenters. The van der Waals surface area contributed by atoms with Crippen molar-refractivity contribution in [1.29, 1.82) is 0 Å². The van der Waals surface area contributed by atoms with Crippen molar-refractivity contribution in [1.82, 2.24) is 0 Å². The molecule has 0 aliphatic carbocycles. The van der Waals surface area contributed by atoms with E-state index in [1.54, 1.807) is 18.2 Å². The molecule has 0 aromatic heterocycles. The van der Waals surface area contributed by atoms with Crippen LogP contribution in [0.2, 0.25) is 5.02 Å². The maximum atomic E-state index is 13.1. The first-order valence-corrected chi connectivity index (χ1v) is 6.46. The molecular formula is C13H9BrClFN2O. The van der Waals surface area contributed by atoms with Crippen molar-refractivity contribution in [3.63, 3.8) is 0 Å². The van der Waals surface area contributed by atoms with Crippen LogP contribution in [0, 0.1) is 5.82 Å². The number of rotatable bonds is 2. The third kappa shape index (κ3) is 3.24. The van der Waals surface area contributed by atoms with Gasteiger partial charge in [0.1, 0.15) is 5.82 Å². The Kier molecular flexibility index (Phi) is 4.07. The SMILES string of the molecule is Nc1ccc(F)cc1C(=O)Nc1cc(Cl)ccc1Br. The van der Waals surface area contributed by atoms with Crippen molar-refractivity contribution < 1.29 is 9.18 Å². The van der Waals surface area contributed by atoms with E-state index in [-0.39, 0.29) is 11.3 Å². The molecule has 0 atom stereocenters. The molecule has 2 rings (SSSR count). The molecule has 3 N–H and O–H groups in total. The molecule has 0 spiro atoms. The summed E-state index contributed by atoms with van der Waals surface area (Å²) in [5, 5.41) is 3.10. The smallest absolute Gasteiger partial charge is 0.257 e. The van der Waals surface area contributed by atoms with Crippen LogP contribution in [0.1, 0.15) is 10.4 Å². The molecule has 0 aliphatic rings. The van der Waals surface area contributed by atoms with Crippen molar-refractivity contribution in [2.24, 2.45) is 0 Å². The largest absolute Gasteiger partial charge is 0.398 e. The second kappa shape index (κ2) is 5.59. The van der Waals surface area contributed by atoms with Gasteiger partial charge in [0.25, 0.3) is 5.91 Å². The van der Waals surface area contributed by atoms with E-state index in [1.165, 1.54) is 12.1 Å². The van der Waals surface area contributed by atoms with Crippen LogP contribution in [0.5, 0.6) is 0 Å². The molecule has 3 nitrogen and oxygen atoms in total. The molecule has 98 valence electrons. The van der Waals surface area contributed by atoms with Crippen molar-refractivity contribution in [2.75, 3.05) is 11.1 Å². The quantitative estimate of drug-likeness (QED) is 0.807. The molecule has 0 radical (unpaired) electrons. The van der Waals surface area contributed by atoms with Gasteiger partial charge in [-0.3, -0.25) is 4.79 Å². The molecule has 0 heterocycles. The molecule has 0 saturated heterocycles. The van der Waals surface area contributed by atoms with E-state index < -0.39 is 11.7 Å². The first-order chi connectivity index (χ1) is 8.97. The Morgan fingerprint density at radius 3 is 2.74 bits per heavy atom. The van der Waals surface area contributed by atoms with Crippen LogP contribution in [-0.2, 0) is 0 Å². The summed E-state index contributed by atoms with van der Waals surface area (Å²) in [6, 6.07) is 8.59. The average molecular weight is 344 g/mol. The Morgan fingerprint density at radius 2 is 2.00 bits per heavy atom. The number of amides is 1. The Labute approximate surface area is 122 Å². The Bertz CT molecular complexity index is 649. The van der Waals surface area contributed by atoms with Gasteiger partial charge >= 0.3 is 0 Å². The first kappa shape index (κ1) is 13.8. The number of nitrogen functional groups attached to an aromatic ring is 1. The topological polar surface area (TPSA) is 55.1 Å². The highest BCUT2D eigenvalue weighted by Crippen LogP contribution is 2.27. The van der Waals surface area contributed by atoms with E-state index in [2.05, 4.69) is 21.2 Å². The molecule has 1 amide bonds. The molecule has 2 aromatic rings. The van der Waals surface area contributed by atoms with Gasteiger partial charge in [0.15, 0.2) is 0 Å². The number of nitrogens with two attached hydrogens (primary N) is 1. The summed E-state index contributed by atoms with van der Waals surface area (Å²) in [7, 11) is 0. The fourth-order valence-electron chi connectivity index (χ4n) is 1.51. The molecular weight excluding hydrogens is 335 g/mol. The van der Waals surface area contributed by atoms with E-state index in [4.69, 9.17) is 17.3 Å². The van der Waals surface area contributed by atoms with Crippen LogP contribution in [0.15, 0.2) is 40.9 Å². The lowest BCUT2D eigenvalue weighted by molar-refractivity contribution is 0.102. The van der Waals surface area contributed by atoms with Crippen molar-refractivity contribution in [2.45, 2.75) is 0 Å². The molecule has 0 bridgehead atoms. The van der Waals surface area contributed by atoms with E-state index in [1.807, 2.05) is 0 Å². The summed E-state index contributed by atoms with van der Waals surface area (Å²) in [6.07, 6.45) is 0. The normalized spacial score (nSPS) is 10.3. The summed E-state index contributed by atoms with van der Waals surface area (Å²) in [4.78, 5) is 12.0. The van der Waals surface area contributed by atoms with Crippen molar-refractivity contribution >= 4 is 44.8 Å². The minimum Gasteiger partial charge on any atom is -0.398 e. The van der Waals surface area contributed by atoms with Gasteiger partial charge in [-0.05, 0) is 52.3 Å². The summed E-state index contributed by atoms with van der Waals surface area (Å²) in [5.41, 5.74) is 6.42. The Balaban J connectivity index is 2.30. The number of nitrogens with one attached hydrogen (secondary N) is 1. The highest BCUT2D eigenvalue weighted by molar-refractivity contribution is 9.10. The lowest BCUT2D eigenvalue weighted by Gasteiger charge is -2.09. The van der Waals surface area contributed by atoms with Crippen LogP contribution in [-0.4, -0.2) is 5.91 Å². The van der Waals surface area contributed by atoms with Gasteiger partial charge in [-0.25, -0.2) is 4.39 Å². The number of anilines is 2. The maximum absolute atomic E-state index is 13.1. The van der Waals surface area contributed by atoms with Crippen LogP contribution in [0.4, 0.5) is 15.8 Å². The summed E-state index contributed by atoms with van der Waals surface area (Å²) < 4.78 is 13.8. The lowest BCUT2D eigenvalue weighted by Crippen LogP contribution is -2.14. The number of carbonyl (C=O) groups is 1. The van der Waals surface area contributed by atoms with Crippen LogP contribution < -0.4 is 11.1 Å². The van der Waals surface area contributed by atoms with Crippen molar-refractivity contribution in [3.8, 4) is 0 Å². The molecule has 0 saturated carbocycles. The van der Waals surface area contributed by atoms with Gasteiger partial charge in [-0.2, -0.15) is 0 Å². The highest BCUT2D eigenvalue weighted by Gasteiger charge is 2.12. The second-order valence-electron chi connectivity index (χ2n) is 3.81.